The summed E-state index contributed by atoms with van der Waals surface area (Å²) in [5, 5.41) is 7.19. The van der Waals surface area contributed by atoms with E-state index in [1.165, 1.54) is 23.9 Å². The van der Waals surface area contributed by atoms with Gasteiger partial charge in [0.15, 0.2) is 5.78 Å². The molecular formula is C24H25N3O4. The summed E-state index contributed by atoms with van der Waals surface area (Å²) in [7, 11) is 2.95. The predicted octanol–water partition coefficient (Wildman–Crippen LogP) is 3.99. The Bertz CT molecular complexity index is 1140. The van der Waals surface area contributed by atoms with Crippen LogP contribution in [-0.2, 0) is 17.2 Å². The Balaban J connectivity index is 1.97. The van der Waals surface area contributed by atoms with Gasteiger partial charge in [0.25, 0.3) is 5.91 Å². The molecule has 160 valence electrons. The molecule has 0 saturated carbocycles. The maximum atomic E-state index is 12.9. The summed E-state index contributed by atoms with van der Waals surface area (Å²) in [6, 6.07) is 14.9. The van der Waals surface area contributed by atoms with Gasteiger partial charge in [-0.2, -0.15) is 5.10 Å². The monoisotopic (exact) mass is 419 g/mol. The van der Waals surface area contributed by atoms with E-state index >= 15 is 0 Å². The van der Waals surface area contributed by atoms with Crippen LogP contribution in [0.3, 0.4) is 0 Å². The first kappa shape index (κ1) is 22.0. The molecule has 7 nitrogen and oxygen atoms in total. The molecule has 0 fully saturated rings. The molecule has 1 heterocycles. The van der Waals surface area contributed by atoms with Gasteiger partial charge in [-0.15, -0.1) is 0 Å². The van der Waals surface area contributed by atoms with E-state index in [2.05, 4.69) is 10.4 Å². The number of ether oxygens (including phenoxy) is 1. The van der Waals surface area contributed by atoms with E-state index in [0.717, 1.165) is 5.69 Å². The predicted molar refractivity (Wildman–Crippen MR) is 118 cm³/mol. The van der Waals surface area contributed by atoms with Crippen LogP contribution in [0.2, 0.25) is 0 Å². The smallest absolute Gasteiger partial charge is 0.337 e. The Morgan fingerprint density at radius 1 is 0.935 bits per heavy atom. The molecule has 0 bridgehead atoms. The zero-order chi connectivity index (χ0) is 22.8. The SMILES string of the molecule is COC(=O)c1cc(NC(=O)c2cc(C(C)(C)C)nn2C)cc(C(=O)c2ccccc2)c1. The molecular weight excluding hydrogens is 394 g/mol. The summed E-state index contributed by atoms with van der Waals surface area (Å²) in [5.74, 6) is -1.27. The maximum absolute atomic E-state index is 12.9. The van der Waals surface area contributed by atoms with Gasteiger partial charge in [-0.3, -0.25) is 14.3 Å². The van der Waals surface area contributed by atoms with Crippen LogP contribution < -0.4 is 5.32 Å². The second-order valence-electron chi connectivity index (χ2n) is 8.23. The van der Waals surface area contributed by atoms with Crippen LogP contribution in [0.5, 0.6) is 0 Å². The number of aromatic nitrogens is 2. The van der Waals surface area contributed by atoms with E-state index in [1.807, 2.05) is 26.8 Å². The second-order valence-corrected chi connectivity index (χ2v) is 8.23. The molecule has 3 aromatic rings. The molecule has 1 aromatic heterocycles. The third-order valence-corrected chi connectivity index (χ3v) is 4.79. The molecule has 0 radical (unpaired) electrons. The number of hydrogen-bond acceptors (Lipinski definition) is 5. The summed E-state index contributed by atoms with van der Waals surface area (Å²) in [4.78, 5) is 38.0. The lowest BCUT2D eigenvalue weighted by atomic mass is 9.92. The van der Waals surface area contributed by atoms with Crippen molar-refractivity contribution < 1.29 is 19.1 Å². The number of aryl methyl sites for hydroxylation is 1. The van der Waals surface area contributed by atoms with Crippen LogP contribution in [0.4, 0.5) is 5.69 Å². The number of carbonyl (C=O) groups is 3. The summed E-state index contributed by atoms with van der Waals surface area (Å²) in [5.41, 5.74) is 2.16. The normalized spacial score (nSPS) is 11.1. The highest BCUT2D eigenvalue weighted by atomic mass is 16.5. The van der Waals surface area contributed by atoms with Crippen molar-refractivity contribution in [2.75, 3.05) is 12.4 Å². The van der Waals surface area contributed by atoms with Crippen LogP contribution >= 0.6 is 0 Å². The Morgan fingerprint density at radius 3 is 2.16 bits per heavy atom. The van der Waals surface area contributed by atoms with Crippen molar-refractivity contribution in [1.29, 1.82) is 0 Å². The number of rotatable bonds is 5. The highest BCUT2D eigenvalue weighted by Gasteiger charge is 2.22. The summed E-state index contributed by atoms with van der Waals surface area (Å²) in [6.07, 6.45) is 0. The fourth-order valence-corrected chi connectivity index (χ4v) is 3.06. The number of hydrogen-bond donors (Lipinski definition) is 1. The first-order valence-corrected chi connectivity index (χ1v) is 9.79. The van der Waals surface area contributed by atoms with Gasteiger partial charge in [0.2, 0.25) is 0 Å². The largest absolute Gasteiger partial charge is 0.465 e. The van der Waals surface area contributed by atoms with Gasteiger partial charge in [0.1, 0.15) is 5.69 Å². The first-order valence-electron chi connectivity index (χ1n) is 9.79. The quantitative estimate of drug-likeness (QED) is 0.499. The van der Waals surface area contributed by atoms with E-state index in [1.54, 1.807) is 43.4 Å². The van der Waals surface area contributed by atoms with E-state index in [9.17, 15) is 14.4 Å². The van der Waals surface area contributed by atoms with Gasteiger partial charge in [-0.05, 0) is 24.3 Å². The topological polar surface area (TPSA) is 90.3 Å². The standard InChI is InChI=1S/C24H25N3O4/c1-24(2,3)20-14-19(27(4)26-20)22(29)25-18-12-16(11-17(13-18)23(30)31-5)21(28)15-9-7-6-8-10-15/h6-14H,1-5H3,(H,25,29). The van der Waals surface area contributed by atoms with E-state index in [-0.39, 0.29) is 22.3 Å². The molecule has 0 aliphatic heterocycles. The van der Waals surface area contributed by atoms with Crippen LogP contribution in [0.1, 0.15) is 63.2 Å². The summed E-state index contributed by atoms with van der Waals surface area (Å²) >= 11 is 0. The number of nitrogens with zero attached hydrogens (tertiary/aromatic N) is 2. The fourth-order valence-electron chi connectivity index (χ4n) is 3.06. The Kier molecular flexibility index (Phi) is 6.06. The molecule has 0 aliphatic carbocycles. The van der Waals surface area contributed by atoms with Gasteiger partial charge < -0.3 is 10.1 Å². The molecule has 1 N–H and O–H groups in total. The zero-order valence-electron chi connectivity index (χ0n) is 18.2. The molecule has 2 aromatic carbocycles. The van der Waals surface area contributed by atoms with Crippen molar-refractivity contribution in [2.45, 2.75) is 26.2 Å². The summed E-state index contributed by atoms with van der Waals surface area (Å²) in [6.45, 7) is 6.04. The minimum atomic E-state index is -0.603. The van der Waals surface area contributed by atoms with Crippen molar-refractivity contribution in [3.63, 3.8) is 0 Å². The maximum Gasteiger partial charge on any atom is 0.337 e. The number of benzene rings is 2. The molecule has 0 aliphatic rings. The van der Waals surface area contributed by atoms with E-state index in [4.69, 9.17) is 4.74 Å². The van der Waals surface area contributed by atoms with Gasteiger partial charge in [0, 0.05) is 29.3 Å². The lowest BCUT2D eigenvalue weighted by Gasteiger charge is -2.13. The molecule has 0 atom stereocenters. The molecule has 0 unspecified atom stereocenters. The number of esters is 1. The molecule has 0 spiro atoms. The minimum absolute atomic E-state index is 0.167. The Hall–Kier alpha value is -3.74. The summed E-state index contributed by atoms with van der Waals surface area (Å²) < 4.78 is 6.31. The fraction of sp³-hybridized carbons (Fsp3) is 0.250. The molecule has 7 heteroatoms. The van der Waals surface area contributed by atoms with E-state index < -0.39 is 11.9 Å². The molecule has 0 saturated heterocycles. The van der Waals surface area contributed by atoms with Crippen LogP contribution in [0, 0.1) is 0 Å². The average molecular weight is 419 g/mol. The zero-order valence-corrected chi connectivity index (χ0v) is 18.2. The number of amides is 1. The molecule has 1 amide bonds. The number of nitrogens with one attached hydrogen (secondary N) is 1. The average Bonchev–Trinajstić information content (AvgIpc) is 3.15. The number of anilines is 1. The van der Waals surface area contributed by atoms with Crippen molar-refractivity contribution in [3.05, 3.63) is 82.7 Å². The van der Waals surface area contributed by atoms with Crippen molar-refractivity contribution in [1.82, 2.24) is 9.78 Å². The van der Waals surface area contributed by atoms with Crippen molar-refractivity contribution in [3.8, 4) is 0 Å². The van der Waals surface area contributed by atoms with Crippen LogP contribution in [0.25, 0.3) is 0 Å². The third kappa shape index (κ3) is 4.88. The lowest BCUT2D eigenvalue weighted by molar-refractivity contribution is 0.0600. The van der Waals surface area contributed by atoms with Gasteiger partial charge in [-0.1, -0.05) is 51.1 Å². The second kappa shape index (κ2) is 8.55. The number of ketones is 1. The van der Waals surface area contributed by atoms with Crippen molar-refractivity contribution in [2.24, 2.45) is 7.05 Å². The van der Waals surface area contributed by atoms with Gasteiger partial charge >= 0.3 is 5.97 Å². The first-order chi connectivity index (χ1) is 14.6. The van der Waals surface area contributed by atoms with Gasteiger partial charge in [-0.25, -0.2) is 4.79 Å². The van der Waals surface area contributed by atoms with Gasteiger partial charge in [0.05, 0.1) is 18.4 Å². The minimum Gasteiger partial charge on any atom is -0.465 e. The Morgan fingerprint density at radius 2 is 1.58 bits per heavy atom. The Labute approximate surface area is 181 Å². The van der Waals surface area contributed by atoms with Crippen LogP contribution in [-0.4, -0.2) is 34.6 Å². The number of methoxy groups -OCH3 is 1. The van der Waals surface area contributed by atoms with Crippen molar-refractivity contribution >= 4 is 23.3 Å². The highest BCUT2D eigenvalue weighted by Crippen LogP contribution is 2.23. The lowest BCUT2D eigenvalue weighted by Crippen LogP contribution is -2.17. The van der Waals surface area contributed by atoms with E-state index in [0.29, 0.717) is 16.9 Å². The highest BCUT2D eigenvalue weighted by molar-refractivity contribution is 6.11. The number of carbonyl (C=O) groups excluding carboxylic acids is 3. The van der Waals surface area contributed by atoms with Crippen LogP contribution in [0.15, 0.2) is 54.6 Å². The molecule has 3 rings (SSSR count). The molecule has 31 heavy (non-hydrogen) atoms. The third-order valence-electron chi connectivity index (χ3n) is 4.79.